The Balaban J connectivity index is 1.61. The Morgan fingerprint density at radius 2 is 2.00 bits per heavy atom. The number of nitrogens with one attached hydrogen (secondary N) is 1. The van der Waals surface area contributed by atoms with Crippen molar-refractivity contribution in [3.8, 4) is 0 Å². The van der Waals surface area contributed by atoms with Gasteiger partial charge in [0, 0.05) is 12.8 Å². The molecule has 2 fully saturated rings. The zero-order valence-electron chi connectivity index (χ0n) is 13.9. The Morgan fingerprint density at radius 1 is 1.28 bits per heavy atom. The molecule has 136 valence electrons. The molecule has 0 radical (unpaired) electrons. The van der Waals surface area contributed by atoms with Crippen LogP contribution in [0.25, 0.3) is 0 Å². The van der Waals surface area contributed by atoms with Crippen molar-refractivity contribution >= 4 is 21.8 Å². The van der Waals surface area contributed by atoms with Gasteiger partial charge in [0.2, 0.25) is 5.91 Å². The zero-order valence-corrected chi connectivity index (χ0v) is 14.7. The first kappa shape index (κ1) is 17.7. The van der Waals surface area contributed by atoms with Crippen LogP contribution in [0, 0.1) is 0 Å². The number of sulfone groups is 1. The van der Waals surface area contributed by atoms with E-state index in [-0.39, 0.29) is 18.7 Å². The van der Waals surface area contributed by atoms with Gasteiger partial charge in [-0.1, -0.05) is 30.3 Å². The molecule has 0 saturated carbocycles. The molecule has 2 bridgehead atoms. The van der Waals surface area contributed by atoms with Crippen LogP contribution >= 0.6 is 0 Å². The highest BCUT2D eigenvalue weighted by atomic mass is 32.2. The number of hydroxylamine groups is 2. The summed E-state index contributed by atoms with van der Waals surface area (Å²) >= 11 is 0. The van der Waals surface area contributed by atoms with E-state index in [1.54, 1.807) is 0 Å². The van der Waals surface area contributed by atoms with Gasteiger partial charge >= 0.3 is 6.03 Å². The SMILES string of the molecule is CS(=O)(=O)CNC(=O)[C@@H]1CC[C@@H]2CN1C(=O)N2OCc1ccccc1. The van der Waals surface area contributed by atoms with Crippen LogP contribution in [-0.2, 0) is 26.1 Å². The van der Waals surface area contributed by atoms with Crippen LogP contribution in [0.15, 0.2) is 30.3 Å². The first-order valence-electron chi connectivity index (χ1n) is 8.07. The summed E-state index contributed by atoms with van der Waals surface area (Å²) in [6.45, 7) is 0.687. The van der Waals surface area contributed by atoms with Gasteiger partial charge < -0.3 is 10.2 Å². The molecule has 0 aliphatic carbocycles. The van der Waals surface area contributed by atoms with Gasteiger partial charge in [-0.05, 0) is 18.4 Å². The summed E-state index contributed by atoms with van der Waals surface area (Å²) in [7, 11) is -3.31. The lowest BCUT2D eigenvalue weighted by molar-refractivity contribution is -0.140. The van der Waals surface area contributed by atoms with Crippen molar-refractivity contribution < 1.29 is 22.8 Å². The van der Waals surface area contributed by atoms with Crippen LogP contribution in [-0.4, -0.2) is 61.1 Å². The number of hydrogen-bond acceptors (Lipinski definition) is 5. The largest absolute Gasteiger partial charge is 0.345 e. The molecule has 0 spiro atoms. The fraction of sp³-hybridized carbons (Fsp3) is 0.500. The molecule has 2 atom stereocenters. The Labute approximate surface area is 146 Å². The lowest BCUT2D eigenvalue weighted by atomic mass is 10.0. The smallest absolute Gasteiger partial charge is 0.340 e. The number of carbonyl (C=O) groups is 2. The molecule has 25 heavy (non-hydrogen) atoms. The summed E-state index contributed by atoms with van der Waals surface area (Å²) < 4.78 is 22.4. The molecule has 8 nitrogen and oxygen atoms in total. The first-order chi connectivity index (χ1) is 11.8. The van der Waals surface area contributed by atoms with E-state index in [0.717, 1.165) is 11.8 Å². The highest BCUT2D eigenvalue weighted by molar-refractivity contribution is 7.90. The molecular formula is C16H21N3O5S. The molecule has 3 rings (SSSR count). The average molecular weight is 367 g/mol. The van der Waals surface area contributed by atoms with Crippen LogP contribution in [0.5, 0.6) is 0 Å². The third-order valence-corrected chi connectivity index (χ3v) is 5.02. The molecule has 1 N–H and O–H groups in total. The Kier molecular flexibility index (Phi) is 4.96. The van der Waals surface area contributed by atoms with E-state index >= 15 is 0 Å². The summed E-state index contributed by atoms with van der Waals surface area (Å²) in [5.74, 6) is -0.871. The number of benzene rings is 1. The van der Waals surface area contributed by atoms with Crippen LogP contribution in [0.4, 0.5) is 4.79 Å². The Bertz CT molecular complexity index is 752. The Morgan fingerprint density at radius 3 is 2.68 bits per heavy atom. The minimum absolute atomic E-state index is 0.0878. The minimum Gasteiger partial charge on any atom is -0.340 e. The van der Waals surface area contributed by atoms with E-state index in [0.29, 0.717) is 19.4 Å². The van der Waals surface area contributed by atoms with Crippen molar-refractivity contribution in [2.75, 3.05) is 18.7 Å². The van der Waals surface area contributed by atoms with Gasteiger partial charge in [0.1, 0.15) is 18.5 Å². The molecule has 2 saturated heterocycles. The molecule has 2 aliphatic rings. The van der Waals surface area contributed by atoms with E-state index in [4.69, 9.17) is 4.84 Å². The number of urea groups is 1. The van der Waals surface area contributed by atoms with E-state index in [9.17, 15) is 18.0 Å². The first-order valence-corrected chi connectivity index (χ1v) is 10.1. The number of hydrogen-bond donors (Lipinski definition) is 1. The summed E-state index contributed by atoms with van der Waals surface area (Å²) in [6, 6.07) is 8.43. The van der Waals surface area contributed by atoms with Crippen LogP contribution in [0.3, 0.4) is 0 Å². The van der Waals surface area contributed by atoms with Crippen molar-refractivity contribution in [2.24, 2.45) is 0 Å². The maximum Gasteiger partial charge on any atom is 0.345 e. The maximum absolute atomic E-state index is 12.6. The second kappa shape index (κ2) is 7.01. The van der Waals surface area contributed by atoms with Gasteiger partial charge in [-0.2, -0.15) is 5.06 Å². The molecule has 0 aromatic heterocycles. The quantitative estimate of drug-likeness (QED) is 0.790. The van der Waals surface area contributed by atoms with Gasteiger partial charge in [0.05, 0.1) is 6.04 Å². The molecule has 3 amide bonds. The van der Waals surface area contributed by atoms with Gasteiger partial charge in [-0.15, -0.1) is 0 Å². The zero-order chi connectivity index (χ0) is 18.0. The van der Waals surface area contributed by atoms with Gasteiger partial charge in [-0.25, -0.2) is 13.2 Å². The van der Waals surface area contributed by atoms with E-state index in [1.165, 1.54) is 9.96 Å². The monoisotopic (exact) mass is 367 g/mol. The van der Waals surface area contributed by atoms with Crippen molar-refractivity contribution in [2.45, 2.75) is 31.5 Å². The topological polar surface area (TPSA) is 96.0 Å². The third kappa shape index (κ3) is 4.10. The molecule has 9 heteroatoms. The van der Waals surface area contributed by atoms with E-state index in [1.807, 2.05) is 30.3 Å². The van der Waals surface area contributed by atoms with Crippen molar-refractivity contribution in [3.63, 3.8) is 0 Å². The van der Waals surface area contributed by atoms with Crippen LogP contribution in [0.1, 0.15) is 18.4 Å². The molecule has 2 heterocycles. The fourth-order valence-corrected chi connectivity index (χ4v) is 3.51. The summed E-state index contributed by atoms with van der Waals surface area (Å²) in [6.07, 6.45) is 2.16. The van der Waals surface area contributed by atoms with E-state index < -0.39 is 27.7 Å². The predicted octanol–water partition coefficient (Wildman–Crippen LogP) is 0.505. The number of nitrogens with zero attached hydrogens (tertiary/aromatic N) is 2. The molecule has 0 unspecified atom stereocenters. The van der Waals surface area contributed by atoms with Crippen molar-refractivity contribution in [3.05, 3.63) is 35.9 Å². The number of fused-ring (bicyclic) bond motifs is 2. The predicted molar refractivity (Wildman–Crippen MR) is 89.8 cm³/mol. The number of carbonyl (C=O) groups excluding carboxylic acids is 2. The maximum atomic E-state index is 12.6. The molecule has 1 aromatic carbocycles. The number of piperidine rings is 1. The lowest BCUT2D eigenvalue weighted by Gasteiger charge is -2.29. The number of amides is 3. The van der Waals surface area contributed by atoms with Gasteiger partial charge in [0.15, 0.2) is 9.84 Å². The molecule has 1 aromatic rings. The summed E-state index contributed by atoms with van der Waals surface area (Å²) in [4.78, 5) is 31.9. The van der Waals surface area contributed by atoms with Crippen molar-refractivity contribution in [1.82, 2.24) is 15.3 Å². The third-order valence-electron chi connectivity index (χ3n) is 4.35. The van der Waals surface area contributed by atoms with Gasteiger partial charge in [-0.3, -0.25) is 9.63 Å². The molecule has 2 aliphatic heterocycles. The average Bonchev–Trinajstić information content (AvgIpc) is 2.82. The second-order valence-electron chi connectivity index (χ2n) is 6.38. The van der Waals surface area contributed by atoms with Crippen LogP contribution < -0.4 is 5.32 Å². The van der Waals surface area contributed by atoms with Crippen molar-refractivity contribution in [1.29, 1.82) is 0 Å². The normalized spacial score (nSPS) is 23.0. The van der Waals surface area contributed by atoms with Gasteiger partial charge in [0.25, 0.3) is 0 Å². The Hall–Kier alpha value is -2.13. The minimum atomic E-state index is -3.31. The van der Waals surface area contributed by atoms with E-state index in [2.05, 4.69) is 5.32 Å². The highest BCUT2D eigenvalue weighted by Gasteiger charge is 2.47. The van der Waals surface area contributed by atoms with Crippen LogP contribution in [0.2, 0.25) is 0 Å². The summed E-state index contributed by atoms with van der Waals surface area (Å²) in [5.41, 5.74) is 0.953. The fourth-order valence-electron chi connectivity index (χ4n) is 3.11. The molecular weight excluding hydrogens is 346 g/mol. The number of rotatable bonds is 6. The second-order valence-corrected chi connectivity index (χ2v) is 8.52. The standard InChI is InChI=1S/C16H21N3O5S/c1-25(22,23)11-17-15(20)14-8-7-13-9-18(14)16(21)19(13)24-10-12-5-3-2-4-6-12/h2-6,13-14H,7-11H2,1H3,(H,17,20)/t13-,14+/m1/s1. The highest BCUT2D eigenvalue weighted by Crippen LogP contribution is 2.30. The summed E-state index contributed by atoms with van der Waals surface area (Å²) in [5, 5.41) is 3.73. The lowest BCUT2D eigenvalue weighted by Crippen LogP contribution is -2.50.